The maximum Gasteiger partial charge on any atom is 0.237 e. The van der Waals surface area contributed by atoms with Crippen molar-refractivity contribution in [3.05, 3.63) is 33.8 Å². The molecule has 1 amide bonds. The fourth-order valence-corrected chi connectivity index (χ4v) is 1.75. The second-order valence-corrected chi connectivity index (χ2v) is 4.45. The van der Waals surface area contributed by atoms with Gasteiger partial charge in [0.25, 0.3) is 0 Å². The molecule has 0 spiro atoms. The number of hydrogen-bond donors (Lipinski definition) is 2. The third-order valence-corrected chi connectivity index (χ3v) is 3.05. The minimum atomic E-state index is -0.541. The minimum absolute atomic E-state index is 0.218. The van der Waals surface area contributed by atoms with Crippen molar-refractivity contribution >= 4 is 29.1 Å². The van der Waals surface area contributed by atoms with E-state index in [1.807, 2.05) is 13.0 Å². The van der Waals surface area contributed by atoms with Gasteiger partial charge in [-0.25, -0.2) is 0 Å². The van der Waals surface area contributed by atoms with Crippen LogP contribution in [0.25, 0.3) is 0 Å². The molecule has 1 aromatic rings. The van der Waals surface area contributed by atoms with Gasteiger partial charge in [-0.15, -0.1) is 0 Å². The maximum atomic E-state index is 11.4. The summed E-state index contributed by atoms with van der Waals surface area (Å²) >= 11 is 11.9. The van der Waals surface area contributed by atoms with Crippen LogP contribution in [0, 0.1) is 0 Å². The molecule has 3 nitrogen and oxygen atoms in total. The molecule has 88 valence electrons. The van der Waals surface area contributed by atoms with Gasteiger partial charge in [0.2, 0.25) is 5.91 Å². The number of rotatable bonds is 3. The Morgan fingerprint density at radius 3 is 2.56 bits per heavy atom. The average Bonchev–Trinajstić information content (AvgIpc) is 2.21. The molecule has 0 fully saturated rings. The van der Waals surface area contributed by atoms with E-state index in [4.69, 9.17) is 28.9 Å². The first-order chi connectivity index (χ1) is 7.43. The van der Waals surface area contributed by atoms with E-state index in [1.165, 1.54) is 0 Å². The monoisotopic (exact) mass is 260 g/mol. The zero-order valence-corrected chi connectivity index (χ0v) is 10.6. The Bertz CT molecular complexity index is 394. The van der Waals surface area contributed by atoms with Crippen molar-refractivity contribution in [2.24, 2.45) is 5.73 Å². The molecule has 1 rings (SSSR count). The number of carbonyl (C=O) groups is 1. The van der Waals surface area contributed by atoms with Crippen LogP contribution in [0.5, 0.6) is 0 Å². The third-order valence-electron chi connectivity index (χ3n) is 2.22. The Hall–Kier alpha value is -0.770. The van der Waals surface area contributed by atoms with E-state index in [-0.39, 0.29) is 11.9 Å². The molecule has 2 atom stereocenters. The summed E-state index contributed by atoms with van der Waals surface area (Å²) in [5.41, 5.74) is 6.24. The normalized spacial score (nSPS) is 14.3. The summed E-state index contributed by atoms with van der Waals surface area (Å²) in [6.07, 6.45) is 0. The van der Waals surface area contributed by atoms with Gasteiger partial charge in [-0.2, -0.15) is 0 Å². The zero-order valence-electron chi connectivity index (χ0n) is 9.13. The Morgan fingerprint density at radius 1 is 1.38 bits per heavy atom. The van der Waals surface area contributed by atoms with Gasteiger partial charge in [-0.3, -0.25) is 4.79 Å². The third kappa shape index (κ3) is 3.11. The molecule has 0 aliphatic carbocycles. The van der Waals surface area contributed by atoms with Crippen molar-refractivity contribution in [2.45, 2.75) is 25.9 Å². The second-order valence-electron chi connectivity index (χ2n) is 3.66. The molecule has 0 aromatic heterocycles. The highest BCUT2D eigenvalue weighted by atomic mass is 35.5. The lowest BCUT2D eigenvalue weighted by molar-refractivity contribution is -0.122. The predicted octanol–water partition coefficient (Wildman–Crippen LogP) is 2.52. The van der Waals surface area contributed by atoms with Gasteiger partial charge in [-0.05, 0) is 25.5 Å². The van der Waals surface area contributed by atoms with Crippen LogP contribution in [-0.4, -0.2) is 11.9 Å². The van der Waals surface area contributed by atoms with Crippen LogP contribution in [0.1, 0.15) is 25.5 Å². The van der Waals surface area contributed by atoms with Crippen molar-refractivity contribution in [3.63, 3.8) is 0 Å². The summed E-state index contributed by atoms with van der Waals surface area (Å²) in [5.74, 6) is -0.219. The summed E-state index contributed by atoms with van der Waals surface area (Å²) < 4.78 is 0. The van der Waals surface area contributed by atoms with Crippen molar-refractivity contribution in [1.82, 2.24) is 5.32 Å². The predicted molar refractivity (Wildman–Crippen MR) is 66.7 cm³/mol. The summed E-state index contributed by atoms with van der Waals surface area (Å²) in [6.45, 7) is 3.46. The molecule has 1 unspecified atom stereocenters. The van der Waals surface area contributed by atoms with Crippen molar-refractivity contribution < 1.29 is 4.79 Å². The number of nitrogens with two attached hydrogens (primary N) is 1. The molecule has 0 aliphatic heterocycles. The van der Waals surface area contributed by atoms with Crippen molar-refractivity contribution in [1.29, 1.82) is 0 Å². The molecular weight excluding hydrogens is 247 g/mol. The molecule has 0 saturated carbocycles. The number of halogens is 2. The highest BCUT2D eigenvalue weighted by molar-refractivity contribution is 6.42. The van der Waals surface area contributed by atoms with Crippen LogP contribution in [0.2, 0.25) is 10.0 Å². The standard InChI is InChI=1S/C11H14Cl2N2O/c1-6(14)11(16)15-7(2)8-4-3-5-9(12)10(8)13/h3-7H,14H2,1-2H3,(H,15,16)/t6-,7?/m0/s1. The van der Waals surface area contributed by atoms with Gasteiger partial charge in [0.15, 0.2) is 0 Å². The van der Waals surface area contributed by atoms with Gasteiger partial charge in [-0.1, -0.05) is 35.3 Å². The minimum Gasteiger partial charge on any atom is -0.348 e. The topological polar surface area (TPSA) is 55.1 Å². The summed E-state index contributed by atoms with van der Waals surface area (Å²) in [7, 11) is 0. The van der Waals surface area contributed by atoms with Crippen LogP contribution in [-0.2, 0) is 4.79 Å². The van der Waals surface area contributed by atoms with E-state index in [1.54, 1.807) is 19.1 Å². The first kappa shape index (κ1) is 13.3. The summed E-state index contributed by atoms with van der Waals surface area (Å²) in [5, 5.41) is 3.69. The fourth-order valence-electron chi connectivity index (χ4n) is 1.28. The molecular formula is C11H14Cl2N2O. The van der Waals surface area contributed by atoms with Crippen LogP contribution in [0.15, 0.2) is 18.2 Å². The molecule has 1 aromatic carbocycles. The number of nitrogens with one attached hydrogen (secondary N) is 1. The lowest BCUT2D eigenvalue weighted by Gasteiger charge is -2.17. The van der Waals surface area contributed by atoms with E-state index >= 15 is 0 Å². The molecule has 16 heavy (non-hydrogen) atoms. The van der Waals surface area contributed by atoms with Gasteiger partial charge in [0.1, 0.15) is 0 Å². The van der Waals surface area contributed by atoms with Crippen LogP contribution >= 0.6 is 23.2 Å². The van der Waals surface area contributed by atoms with Crippen LogP contribution in [0.4, 0.5) is 0 Å². The highest BCUT2D eigenvalue weighted by Crippen LogP contribution is 2.29. The lowest BCUT2D eigenvalue weighted by atomic mass is 10.1. The smallest absolute Gasteiger partial charge is 0.237 e. The molecule has 0 heterocycles. The molecule has 0 radical (unpaired) electrons. The Morgan fingerprint density at radius 2 is 2.00 bits per heavy atom. The molecule has 0 saturated heterocycles. The Labute approximate surface area is 105 Å². The van der Waals surface area contributed by atoms with Gasteiger partial charge >= 0.3 is 0 Å². The highest BCUT2D eigenvalue weighted by Gasteiger charge is 2.15. The molecule has 5 heteroatoms. The first-order valence-corrected chi connectivity index (χ1v) is 5.69. The number of carbonyl (C=O) groups excluding carboxylic acids is 1. The van der Waals surface area contributed by atoms with Gasteiger partial charge in [0.05, 0.1) is 22.1 Å². The lowest BCUT2D eigenvalue weighted by Crippen LogP contribution is -2.39. The second kappa shape index (κ2) is 5.53. The Kier molecular flexibility index (Phi) is 4.59. The average molecular weight is 261 g/mol. The Balaban J connectivity index is 2.85. The zero-order chi connectivity index (χ0) is 12.3. The molecule has 0 aliphatic rings. The number of amides is 1. The SMILES string of the molecule is CC(NC(=O)[C@H](C)N)c1cccc(Cl)c1Cl. The van der Waals surface area contributed by atoms with E-state index < -0.39 is 6.04 Å². The van der Waals surface area contributed by atoms with Gasteiger partial charge < -0.3 is 11.1 Å². The quantitative estimate of drug-likeness (QED) is 0.878. The summed E-state index contributed by atoms with van der Waals surface area (Å²) in [4.78, 5) is 11.4. The number of benzene rings is 1. The van der Waals surface area contributed by atoms with Crippen molar-refractivity contribution in [2.75, 3.05) is 0 Å². The van der Waals surface area contributed by atoms with E-state index in [0.29, 0.717) is 10.0 Å². The van der Waals surface area contributed by atoms with Crippen LogP contribution < -0.4 is 11.1 Å². The largest absolute Gasteiger partial charge is 0.348 e. The van der Waals surface area contributed by atoms with Crippen LogP contribution in [0.3, 0.4) is 0 Å². The number of hydrogen-bond acceptors (Lipinski definition) is 2. The van der Waals surface area contributed by atoms with Crippen molar-refractivity contribution in [3.8, 4) is 0 Å². The first-order valence-electron chi connectivity index (χ1n) is 4.93. The summed E-state index contributed by atoms with van der Waals surface area (Å²) in [6, 6.07) is 4.55. The van der Waals surface area contributed by atoms with Gasteiger partial charge in [0, 0.05) is 0 Å². The van der Waals surface area contributed by atoms with E-state index in [9.17, 15) is 4.79 Å². The van der Waals surface area contributed by atoms with E-state index in [2.05, 4.69) is 5.32 Å². The molecule has 0 bridgehead atoms. The maximum absolute atomic E-state index is 11.4. The molecule has 3 N–H and O–H groups in total. The van der Waals surface area contributed by atoms with E-state index in [0.717, 1.165) is 5.56 Å². The fraction of sp³-hybridized carbons (Fsp3) is 0.364.